The minimum atomic E-state index is -3.74. The van der Waals surface area contributed by atoms with Crippen LogP contribution in [0.2, 0.25) is 0 Å². The minimum absolute atomic E-state index is 0.247. The van der Waals surface area contributed by atoms with Crippen LogP contribution in [0.4, 0.5) is 5.69 Å². The van der Waals surface area contributed by atoms with Crippen LogP contribution in [-0.4, -0.2) is 32.2 Å². The van der Waals surface area contributed by atoms with Gasteiger partial charge in [0, 0.05) is 12.7 Å². The largest absolute Gasteiger partial charge is 0.325 e. The third kappa shape index (κ3) is 4.46. The molecular formula is C19H24N2O3S. The van der Waals surface area contributed by atoms with Crippen LogP contribution in [0.25, 0.3) is 0 Å². The summed E-state index contributed by atoms with van der Waals surface area (Å²) in [5, 5.41) is 2.73. The predicted octanol–water partition coefficient (Wildman–Crippen LogP) is 3.18. The van der Waals surface area contributed by atoms with Crippen molar-refractivity contribution in [3.63, 3.8) is 0 Å². The average molecular weight is 360 g/mol. The summed E-state index contributed by atoms with van der Waals surface area (Å²) in [5.41, 5.74) is 4.05. The average Bonchev–Trinajstić information content (AvgIpc) is 2.45. The summed E-state index contributed by atoms with van der Waals surface area (Å²) in [5.74, 6) is -0.376. The molecule has 0 atom stereocenters. The molecule has 5 nitrogen and oxygen atoms in total. The molecular weight excluding hydrogens is 336 g/mol. The van der Waals surface area contributed by atoms with E-state index in [2.05, 4.69) is 5.32 Å². The number of nitrogens with zero attached hydrogens (tertiary/aromatic N) is 1. The lowest BCUT2D eigenvalue weighted by molar-refractivity contribution is -0.116. The van der Waals surface area contributed by atoms with Gasteiger partial charge in [-0.15, -0.1) is 0 Å². The molecule has 1 N–H and O–H groups in total. The Kier molecular flexibility index (Phi) is 5.65. The summed E-state index contributed by atoms with van der Waals surface area (Å²) in [6.07, 6.45) is 0. The number of nitrogens with one attached hydrogen (secondary N) is 1. The zero-order valence-corrected chi connectivity index (χ0v) is 16.1. The first-order valence-corrected chi connectivity index (χ1v) is 9.46. The van der Waals surface area contributed by atoms with Gasteiger partial charge in [-0.2, -0.15) is 4.31 Å². The molecule has 0 aromatic heterocycles. The Balaban J connectivity index is 2.19. The SMILES string of the molecule is Cc1cccc(NC(=O)CN(C)S(=O)(=O)c2c(C)cc(C)cc2C)c1. The van der Waals surface area contributed by atoms with Gasteiger partial charge in [-0.1, -0.05) is 29.8 Å². The number of sulfonamides is 1. The normalized spacial score (nSPS) is 11.6. The van der Waals surface area contributed by atoms with Gasteiger partial charge in [-0.25, -0.2) is 8.42 Å². The van der Waals surface area contributed by atoms with Gasteiger partial charge in [0.15, 0.2) is 0 Å². The zero-order valence-electron chi connectivity index (χ0n) is 15.3. The number of carbonyl (C=O) groups is 1. The van der Waals surface area contributed by atoms with Gasteiger partial charge in [-0.3, -0.25) is 4.79 Å². The third-order valence-corrected chi connectivity index (χ3v) is 6.05. The van der Waals surface area contributed by atoms with Gasteiger partial charge in [0.05, 0.1) is 11.4 Å². The Morgan fingerprint density at radius 1 is 1.00 bits per heavy atom. The fourth-order valence-electron chi connectivity index (χ4n) is 2.94. The first-order chi connectivity index (χ1) is 11.6. The summed E-state index contributed by atoms with van der Waals surface area (Å²) in [6, 6.07) is 11.0. The van der Waals surface area contributed by atoms with Crippen LogP contribution in [0.15, 0.2) is 41.3 Å². The van der Waals surface area contributed by atoms with Crippen molar-refractivity contribution >= 4 is 21.6 Å². The van der Waals surface area contributed by atoms with Crippen molar-refractivity contribution in [3.05, 3.63) is 58.7 Å². The van der Waals surface area contributed by atoms with E-state index in [1.165, 1.54) is 7.05 Å². The highest BCUT2D eigenvalue weighted by Crippen LogP contribution is 2.24. The molecule has 25 heavy (non-hydrogen) atoms. The maximum atomic E-state index is 12.9. The Morgan fingerprint density at radius 2 is 1.60 bits per heavy atom. The van der Waals surface area contributed by atoms with E-state index in [1.807, 2.05) is 44.2 Å². The highest BCUT2D eigenvalue weighted by molar-refractivity contribution is 7.89. The van der Waals surface area contributed by atoms with Crippen LogP contribution in [-0.2, 0) is 14.8 Å². The van der Waals surface area contributed by atoms with Crippen LogP contribution in [0.1, 0.15) is 22.3 Å². The van der Waals surface area contributed by atoms with E-state index in [4.69, 9.17) is 0 Å². The molecule has 0 unspecified atom stereocenters. The van der Waals surface area contributed by atoms with Gasteiger partial charge >= 0.3 is 0 Å². The molecule has 0 aliphatic rings. The summed E-state index contributed by atoms with van der Waals surface area (Å²) in [4.78, 5) is 12.5. The van der Waals surface area contributed by atoms with E-state index < -0.39 is 10.0 Å². The first kappa shape index (κ1) is 19.1. The van der Waals surface area contributed by atoms with Gasteiger partial charge in [0.25, 0.3) is 0 Å². The maximum Gasteiger partial charge on any atom is 0.243 e. The summed E-state index contributed by atoms with van der Waals surface area (Å²) in [6.45, 7) is 7.15. The zero-order chi connectivity index (χ0) is 18.8. The van der Waals surface area contributed by atoms with Crippen molar-refractivity contribution in [3.8, 4) is 0 Å². The molecule has 0 aliphatic heterocycles. The Labute approximate surface area is 149 Å². The number of benzene rings is 2. The topological polar surface area (TPSA) is 66.5 Å². The number of aryl methyl sites for hydroxylation is 4. The second kappa shape index (κ2) is 7.37. The van der Waals surface area contributed by atoms with E-state index in [9.17, 15) is 13.2 Å². The molecule has 0 aliphatic carbocycles. The van der Waals surface area contributed by atoms with Crippen molar-refractivity contribution in [2.24, 2.45) is 0 Å². The Hall–Kier alpha value is -2.18. The number of likely N-dealkylation sites (N-methyl/N-ethyl adjacent to an activating group) is 1. The third-order valence-electron chi connectivity index (χ3n) is 3.94. The number of amides is 1. The smallest absolute Gasteiger partial charge is 0.243 e. The van der Waals surface area contributed by atoms with E-state index in [-0.39, 0.29) is 17.3 Å². The number of rotatable bonds is 5. The van der Waals surface area contributed by atoms with Crippen LogP contribution in [0, 0.1) is 27.7 Å². The number of hydrogen-bond donors (Lipinski definition) is 1. The van der Waals surface area contributed by atoms with E-state index in [0.29, 0.717) is 16.8 Å². The van der Waals surface area contributed by atoms with E-state index in [0.717, 1.165) is 15.4 Å². The highest BCUT2D eigenvalue weighted by atomic mass is 32.2. The second-order valence-electron chi connectivity index (χ2n) is 6.41. The monoisotopic (exact) mass is 360 g/mol. The molecule has 2 aromatic rings. The van der Waals surface area contributed by atoms with Crippen LogP contribution >= 0.6 is 0 Å². The molecule has 0 fully saturated rings. The molecule has 2 aromatic carbocycles. The van der Waals surface area contributed by atoms with Crippen LogP contribution in [0.3, 0.4) is 0 Å². The molecule has 6 heteroatoms. The lowest BCUT2D eigenvalue weighted by atomic mass is 10.1. The number of anilines is 1. The Morgan fingerprint density at radius 3 is 2.16 bits per heavy atom. The Bertz CT molecular complexity index is 882. The van der Waals surface area contributed by atoms with Crippen molar-refractivity contribution in [2.45, 2.75) is 32.6 Å². The fourth-order valence-corrected chi connectivity index (χ4v) is 4.47. The molecule has 0 bridgehead atoms. The number of carbonyl (C=O) groups excluding carboxylic acids is 1. The molecule has 0 heterocycles. The lowest BCUT2D eigenvalue weighted by Gasteiger charge is -2.20. The molecule has 1 amide bonds. The first-order valence-electron chi connectivity index (χ1n) is 8.02. The molecule has 0 spiro atoms. The van der Waals surface area contributed by atoms with Crippen molar-refractivity contribution < 1.29 is 13.2 Å². The van der Waals surface area contributed by atoms with Gasteiger partial charge in [-0.05, 0) is 56.5 Å². The molecule has 2 rings (SSSR count). The molecule has 0 saturated heterocycles. The van der Waals surface area contributed by atoms with E-state index >= 15 is 0 Å². The molecule has 0 saturated carbocycles. The number of hydrogen-bond acceptors (Lipinski definition) is 3. The quantitative estimate of drug-likeness (QED) is 0.890. The van der Waals surface area contributed by atoms with Gasteiger partial charge in [0.2, 0.25) is 15.9 Å². The van der Waals surface area contributed by atoms with Gasteiger partial charge in [0.1, 0.15) is 0 Å². The fraction of sp³-hybridized carbons (Fsp3) is 0.316. The second-order valence-corrected chi connectivity index (χ2v) is 8.39. The predicted molar refractivity (Wildman–Crippen MR) is 100 cm³/mol. The molecule has 0 radical (unpaired) electrons. The molecule has 134 valence electrons. The maximum absolute atomic E-state index is 12.9. The summed E-state index contributed by atoms with van der Waals surface area (Å²) >= 11 is 0. The van der Waals surface area contributed by atoms with Crippen molar-refractivity contribution in [2.75, 3.05) is 18.9 Å². The van der Waals surface area contributed by atoms with Crippen molar-refractivity contribution in [1.29, 1.82) is 0 Å². The summed E-state index contributed by atoms with van der Waals surface area (Å²) < 4.78 is 26.8. The van der Waals surface area contributed by atoms with Crippen LogP contribution < -0.4 is 5.32 Å². The summed E-state index contributed by atoms with van der Waals surface area (Å²) in [7, 11) is -2.32. The van der Waals surface area contributed by atoms with Crippen molar-refractivity contribution in [1.82, 2.24) is 4.31 Å². The van der Waals surface area contributed by atoms with E-state index in [1.54, 1.807) is 19.9 Å². The minimum Gasteiger partial charge on any atom is -0.325 e. The van der Waals surface area contributed by atoms with Gasteiger partial charge < -0.3 is 5.32 Å². The lowest BCUT2D eigenvalue weighted by Crippen LogP contribution is -2.35. The van der Waals surface area contributed by atoms with Crippen LogP contribution in [0.5, 0.6) is 0 Å². The standard InChI is InChI=1S/C19H24N2O3S/c1-13-7-6-8-17(11-13)20-18(22)12-21(5)25(23,24)19-15(3)9-14(2)10-16(19)4/h6-11H,12H2,1-5H3,(H,20,22). The highest BCUT2D eigenvalue weighted by Gasteiger charge is 2.26.